The fraction of sp³-hybridized carbons (Fsp3) is 0.583. The third-order valence-corrected chi connectivity index (χ3v) is 7.14. The first-order chi connectivity index (χ1) is 13.4. The summed E-state index contributed by atoms with van der Waals surface area (Å²) >= 11 is 6.98. The third kappa shape index (κ3) is 4.72. The van der Waals surface area contributed by atoms with Crippen molar-refractivity contribution in [3.8, 4) is 5.75 Å². The van der Waals surface area contributed by atoms with Crippen molar-refractivity contribution >= 4 is 40.3 Å². The second-order valence-electron chi connectivity index (χ2n) is 10.3. The van der Waals surface area contributed by atoms with Crippen LogP contribution in [0.2, 0.25) is 0 Å². The molecule has 1 N–H and O–H groups in total. The van der Waals surface area contributed by atoms with Crippen LogP contribution in [0, 0.1) is 0 Å². The van der Waals surface area contributed by atoms with Crippen LogP contribution in [0.4, 0.5) is 0 Å². The van der Waals surface area contributed by atoms with Crippen LogP contribution in [0.5, 0.6) is 5.75 Å². The Hall–Kier alpha value is -1.33. The van der Waals surface area contributed by atoms with E-state index in [4.69, 9.17) is 12.2 Å². The van der Waals surface area contributed by atoms with Crippen LogP contribution in [-0.2, 0) is 15.6 Å². The van der Waals surface area contributed by atoms with Crippen LogP contribution in [0.1, 0.15) is 90.3 Å². The van der Waals surface area contributed by atoms with Gasteiger partial charge in [-0.1, -0.05) is 84.8 Å². The Morgan fingerprint density at radius 3 is 2.03 bits per heavy atom. The highest BCUT2D eigenvalue weighted by Gasteiger charge is 2.37. The van der Waals surface area contributed by atoms with E-state index in [1.165, 1.54) is 31.0 Å². The molecule has 1 saturated carbocycles. The van der Waals surface area contributed by atoms with Gasteiger partial charge in [-0.3, -0.25) is 9.69 Å². The van der Waals surface area contributed by atoms with E-state index in [2.05, 4.69) is 41.5 Å². The van der Waals surface area contributed by atoms with Gasteiger partial charge in [-0.2, -0.15) is 0 Å². The number of carbonyl (C=O) groups excluding carboxylic acids is 1. The van der Waals surface area contributed by atoms with Gasteiger partial charge in [-0.05, 0) is 47.4 Å². The molecule has 3 rings (SSSR count). The van der Waals surface area contributed by atoms with Crippen molar-refractivity contribution in [2.75, 3.05) is 0 Å². The van der Waals surface area contributed by atoms with Crippen LogP contribution in [0.3, 0.4) is 0 Å². The Labute approximate surface area is 184 Å². The molecule has 0 radical (unpaired) electrons. The van der Waals surface area contributed by atoms with Gasteiger partial charge in [0.15, 0.2) is 0 Å². The van der Waals surface area contributed by atoms with E-state index in [0.717, 1.165) is 29.5 Å². The van der Waals surface area contributed by atoms with Crippen LogP contribution in [0.15, 0.2) is 17.0 Å². The fourth-order valence-electron chi connectivity index (χ4n) is 4.17. The number of hydrogen-bond acceptors (Lipinski definition) is 4. The van der Waals surface area contributed by atoms with Gasteiger partial charge in [0.25, 0.3) is 5.91 Å². The average Bonchev–Trinajstić information content (AvgIpc) is 2.88. The predicted molar refractivity (Wildman–Crippen MR) is 127 cm³/mol. The van der Waals surface area contributed by atoms with Gasteiger partial charge in [0.2, 0.25) is 0 Å². The van der Waals surface area contributed by atoms with E-state index in [1.54, 1.807) is 0 Å². The van der Waals surface area contributed by atoms with Crippen molar-refractivity contribution in [2.45, 2.75) is 90.5 Å². The number of carbonyl (C=O) groups is 1. The molecule has 158 valence electrons. The number of rotatable bonds is 2. The zero-order valence-corrected chi connectivity index (χ0v) is 20.1. The van der Waals surface area contributed by atoms with Gasteiger partial charge >= 0.3 is 0 Å². The monoisotopic (exact) mass is 431 g/mol. The number of phenolic OH excluding ortho intramolecular Hbond substituents is 1. The van der Waals surface area contributed by atoms with Crippen LogP contribution < -0.4 is 0 Å². The summed E-state index contributed by atoms with van der Waals surface area (Å²) < 4.78 is 0.680. The van der Waals surface area contributed by atoms with Gasteiger partial charge in [0.05, 0.1) is 4.91 Å². The third-order valence-electron chi connectivity index (χ3n) is 5.81. The topological polar surface area (TPSA) is 40.5 Å². The Balaban J connectivity index is 2.01. The normalized spacial score (nSPS) is 20.8. The first kappa shape index (κ1) is 22.4. The number of aromatic hydroxyl groups is 1. The van der Waals surface area contributed by atoms with Gasteiger partial charge in [-0.25, -0.2) is 0 Å². The quantitative estimate of drug-likeness (QED) is 0.427. The molecule has 1 aromatic rings. The number of amides is 1. The molecule has 1 aromatic carbocycles. The SMILES string of the molecule is CC(C)(C)c1cc(/C=C2/SC(=S)N(C3CCCCC3)C2=O)cc(C(C)(C)C)c1O. The smallest absolute Gasteiger partial charge is 0.266 e. The maximum Gasteiger partial charge on any atom is 0.266 e. The highest BCUT2D eigenvalue weighted by Crippen LogP contribution is 2.42. The first-order valence-electron chi connectivity index (χ1n) is 10.5. The lowest BCUT2D eigenvalue weighted by Gasteiger charge is -2.29. The van der Waals surface area contributed by atoms with E-state index < -0.39 is 0 Å². The number of thioether (sulfide) groups is 1. The van der Waals surface area contributed by atoms with E-state index in [1.807, 2.05) is 23.1 Å². The Morgan fingerprint density at radius 1 is 1.03 bits per heavy atom. The van der Waals surface area contributed by atoms with Crippen molar-refractivity contribution in [1.82, 2.24) is 4.90 Å². The summed E-state index contributed by atoms with van der Waals surface area (Å²) in [4.78, 5) is 15.7. The van der Waals surface area contributed by atoms with Gasteiger partial charge in [0, 0.05) is 17.2 Å². The van der Waals surface area contributed by atoms with Crippen LogP contribution in [0.25, 0.3) is 6.08 Å². The van der Waals surface area contributed by atoms with E-state index in [0.29, 0.717) is 15.0 Å². The van der Waals surface area contributed by atoms with Gasteiger partial charge < -0.3 is 5.11 Å². The molecule has 2 fully saturated rings. The summed E-state index contributed by atoms with van der Waals surface area (Å²) in [5.41, 5.74) is 2.35. The van der Waals surface area contributed by atoms with Gasteiger partial charge in [-0.15, -0.1) is 0 Å². The fourth-order valence-corrected chi connectivity index (χ4v) is 5.57. The van der Waals surface area contributed by atoms with Crippen LogP contribution in [-0.4, -0.2) is 26.3 Å². The zero-order chi connectivity index (χ0) is 21.6. The van der Waals surface area contributed by atoms with Crippen molar-refractivity contribution in [3.63, 3.8) is 0 Å². The molecule has 1 heterocycles. The first-order valence-corrected chi connectivity index (χ1v) is 11.8. The lowest BCUT2D eigenvalue weighted by Crippen LogP contribution is -2.39. The lowest BCUT2D eigenvalue weighted by atomic mass is 9.78. The molecule has 1 aliphatic carbocycles. The maximum atomic E-state index is 13.2. The minimum absolute atomic E-state index is 0.0367. The highest BCUT2D eigenvalue weighted by atomic mass is 32.2. The highest BCUT2D eigenvalue weighted by molar-refractivity contribution is 8.26. The second-order valence-corrected chi connectivity index (χ2v) is 12.0. The molecule has 1 saturated heterocycles. The van der Waals surface area contributed by atoms with E-state index in [9.17, 15) is 9.90 Å². The summed E-state index contributed by atoms with van der Waals surface area (Å²) in [6, 6.07) is 4.27. The molecular formula is C24H33NO2S2. The summed E-state index contributed by atoms with van der Waals surface area (Å²) in [7, 11) is 0. The Bertz CT molecular complexity index is 818. The number of thiocarbonyl (C=S) groups is 1. The van der Waals surface area contributed by atoms with Crippen molar-refractivity contribution in [2.24, 2.45) is 0 Å². The minimum atomic E-state index is -0.200. The molecule has 29 heavy (non-hydrogen) atoms. The van der Waals surface area contributed by atoms with Crippen molar-refractivity contribution < 1.29 is 9.90 Å². The number of nitrogens with zero attached hydrogens (tertiary/aromatic N) is 1. The van der Waals surface area contributed by atoms with Gasteiger partial charge in [0.1, 0.15) is 10.1 Å². The summed E-state index contributed by atoms with van der Waals surface area (Å²) in [6.07, 6.45) is 7.62. The summed E-state index contributed by atoms with van der Waals surface area (Å²) in [5.74, 6) is 0.395. The molecule has 0 atom stereocenters. The van der Waals surface area contributed by atoms with Crippen molar-refractivity contribution in [3.05, 3.63) is 33.7 Å². The second kappa shape index (κ2) is 8.07. The maximum absolute atomic E-state index is 13.2. The molecule has 2 aliphatic rings. The molecule has 1 amide bonds. The Morgan fingerprint density at radius 2 is 1.55 bits per heavy atom. The van der Waals surface area contributed by atoms with E-state index in [-0.39, 0.29) is 22.8 Å². The average molecular weight is 432 g/mol. The predicted octanol–water partition coefficient (Wildman–Crippen LogP) is 6.52. The summed E-state index contributed by atoms with van der Waals surface area (Å²) in [6.45, 7) is 12.6. The standard InChI is InChI=1S/C24H33NO2S2/c1-23(2,3)17-12-15(13-18(20(17)26)24(4,5)6)14-19-21(27)25(22(28)29-19)16-10-8-7-9-11-16/h12-14,16,26H,7-11H2,1-6H3/b19-14+. The molecule has 0 spiro atoms. The number of hydrogen-bond donors (Lipinski definition) is 1. The Kier molecular flexibility index (Phi) is 6.22. The van der Waals surface area contributed by atoms with E-state index >= 15 is 0 Å². The molecule has 1 aliphatic heterocycles. The number of benzene rings is 1. The lowest BCUT2D eigenvalue weighted by molar-refractivity contribution is -0.124. The minimum Gasteiger partial charge on any atom is -0.507 e. The van der Waals surface area contributed by atoms with Crippen LogP contribution >= 0.6 is 24.0 Å². The molecule has 3 nitrogen and oxygen atoms in total. The zero-order valence-electron chi connectivity index (χ0n) is 18.5. The molecule has 0 aromatic heterocycles. The largest absolute Gasteiger partial charge is 0.507 e. The van der Waals surface area contributed by atoms with Crippen molar-refractivity contribution in [1.29, 1.82) is 0 Å². The molecule has 0 unspecified atom stereocenters. The summed E-state index contributed by atoms with van der Waals surface area (Å²) in [5, 5.41) is 10.9. The molecule has 5 heteroatoms. The molecule has 0 bridgehead atoms. The number of phenols is 1. The molecular weight excluding hydrogens is 398 g/mol.